The first-order valence-electron chi connectivity index (χ1n) is 19.8. The highest BCUT2D eigenvalue weighted by atomic mass is 15.1. The molecule has 9 aromatic carbocycles. The van der Waals surface area contributed by atoms with Crippen LogP contribution in [0.2, 0.25) is 0 Å². The van der Waals surface area contributed by atoms with Crippen molar-refractivity contribution >= 4 is 38.9 Å². The van der Waals surface area contributed by atoms with Crippen molar-refractivity contribution in [2.24, 2.45) is 0 Å². The molecule has 0 N–H and O–H groups in total. The Morgan fingerprint density at radius 2 is 0.825 bits per heavy atom. The molecule has 0 fully saturated rings. The summed E-state index contributed by atoms with van der Waals surface area (Å²) in [5.74, 6) is 0. The standard InChI is InChI=1S/C55H36N2/c1-3-16-38(17-4-1)56(40-32-30-37(31-33-40)42-24-15-25-48-47-23-10-14-29-53(47)57(54(42)48)39-18-5-2-6-19-39)41-34-35-46-45-22-9-13-28-51(45)55(52(46)36-41)49-26-11-7-20-43(49)44-21-8-12-27-50(44)55/h1-36H. The van der Waals surface area contributed by atoms with Crippen LogP contribution < -0.4 is 4.90 Å². The van der Waals surface area contributed by atoms with Crippen molar-refractivity contribution in [3.05, 3.63) is 241 Å². The summed E-state index contributed by atoms with van der Waals surface area (Å²) in [4.78, 5) is 2.41. The van der Waals surface area contributed by atoms with Gasteiger partial charge in [-0.3, -0.25) is 0 Å². The van der Waals surface area contributed by atoms with E-state index in [1.807, 2.05) is 0 Å². The zero-order valence-corrected chi connectivity index (χ0v) is 31.2. The maximum absolute atomic E-state index is 2.47. The van der Waals surface area contributed by atoms with Gasteiger partial charge in [0.1, 0.15) is 0 Å². The number of anilines is 3. The molecule has 0 saturated heterocycles. The van der Waals surface area contributed by atoms with Crippen molar-refractivity contribution in [2.45, 2.75) is 5.41 Å². The van der Waals surface area contributed by atoms with E-state index < -0.39 is 5.41 Å². The van der Waals surface area contributed by atoms with Crippen LogP contribution in [0.3, 0.4) is 0 Å². The lowest BCUT2D eigenvalue weighted by Gasteiger charge is -2.32. The first-order valence-corrected chi connectivity index (χ1v) is 19.8. The van der Waals surface area contributed by atoms with Gasteiger partial charge in [-0.15, -0.1) is 0 Å². The maximum atomic E-state index is 2.47. The van der Waals surface area contributed by atoms with Gasteiger partial charge < -0.3 is 9.47 Å². The van der Waals surface area contributed by atoms with Crippen LogP contribution in [0, 0.1) is 0 Å². The van der Waals surface area contributed by atoms with Gasteiger partial charge in [-0.1, -0.05) is 164 Å². The fourth-order valence-corrected chi connectivity index (χ4v) is 10.1. The van der Waals surface area contributed by atoms with Crippen LogP contribution in [0.5, 0.6) is 0 Å². The Balaban J connectivity index is 1.04. The smallest absolute Gasteiger partial charge is 0.0726 e. The van der Waals surface area contributed by atoms with E-state index in [0.717, 1.165) is 22.7 Å². The highest BCUT2D eigenvalue weighted by Gasteiger charge is 2.51. The molecule has 0 amide bonds. The van der Waals surface area contributed by atoms with Gasteiger partial charge in [-0.05, 0) is 105 Å². The number of aromatic nitrogens is 1. The minimum absolute atomic E-state index is 0.406. The predicted octanol–water partition coefficient (Wildman–Crippen LogP) is 14.3. The Hall–Kier alpha value is -7.42. The lowest BCUT2D eigenvalue weighted by molar-refractivity contribution is 0.793. The Morgan fingerprint density at radius 3 is 1.49 bits per heavy atom. The summed E-state index contributed by atoms with van der Waals surface area (Å²) >= 11 is 0. The van der Waals surface area contributed by atoms with Gasteiger partial charge in [0, 0.05) is 39.1 Å². The number of nitrogens with zero attached hydrogens (tertiary/aromatic N) is 2. The average Bonchev–Trinajstić information content (AvgIpc) is 3.89. The molecule has 0 aliphatic heterocycles. The average molecular weight is 725 g/mol. The molecule has 2 heteroatoms. The fourth-order valence-electron chi connectivity index (χ4n) is 10.1. The number of para-hydroxylation sites is 4. The molecule has 0 bridgehead atoms. The van der Waals surface area contributed by atoms with Gasteiger partial charge in [0.2, 0.25) is 0 Å². The van der Waals surface area contributed by atoms with Crippen molar-refractivity contribution in [1.29, 1.82) is 0 Å². The molecule has 1 aromatic heterocycles. The van der Waals surface area contributed by atoms with Gasteiger partial charge >= 0.3 is 0 Å². The summed E-state index contributed by atoms with van der Waals surface area (Å²) in [6.45, 7) is 0. The molecule has 0 saturated carbocycles. The van der Waals surface area contributed by atoms with E-state index in [1.165, 1.54) is 77.4 Å². The second-order valence-electron chi connectivity index (χ2n) is 15.2. The molecular formula is C55H36N2. The van der Waals surface area contributed by atoms with E-state index in [0.29, 0.717) is 0 Å². The van der Waals surface area contributed by atoms with E-state index >= 15 is 0 Å². The summed E-state index contributed by atoms with van der Waals surface area (Å²) in [5.41, 5.74) is 19.6. The Morgan fingerprint density at radius 1 is 0.333 bits per heavy atom. The van der Waals surface area contributed by atoms with E-state index in [2.05, 4.69) is 228 Å². The summed E-state index contributed by atoms with van der Waals surface area (Å²) in [6, 6.07) is 80.3. The molecule has 1 spiro atoms. The largest absolute Gasteiger partial charge is 0.310 e. The van der Waals surface area contributed by atoms with Crippen molar-refractivity contribution in [3.63, 3.8) is 0 Å². The Kier molecular flexibility index (Phi) is 6.88. The van der Waals surface area contributed by atoms with Crippen LogP contribution in [0.15, 0.2) is 218 Å². The number of hydrogen-bond donors (Lipinski definition) is 0. The molecule has 12 rings (SSSR count). The zero-order chi connectivity index (χ0) is 37.5. The normalized spacial score (nSPS) is 13.1. The lowest BCUT2D eigenvalue weighted by Crippen LogP contribution is -2.26. The molecule has 1 heterocycles. The van der Waals surface area contributed by atoms with E-state index in [4.69, 9.17) is 0 Å². The number of benzene rings is 9. The molecule has 0 atom stereocenters. The molecule has 2 nitrogen and oxygen atoms in total. The number of rotatable bonds is 5. The third-order valence-corrected chi connectivity index (χ3v) is 12.4. The van der Waals surface area contributed by atoms with E-state index in [-0.39, 0.29) is 0 Å². The van der Waals surface area contributed by atoms with Gasteiger partial charge in [0.15, 0.2) is 0 Å². The highest BCUT2D eigenvalue weighted by Crippen LogP contribution is 2.63. The van der Waals surface area contributed by atoms with Crippen LogP contribution in [0.25, 0.3) is 60.9 Å². The molecule has 0 unspecified atom stereocenters. The molecule has 0 radical (unpaired) electrons. The van der Waals surface area contributed by atoms with Crippen LogP contribution >= 0.6 is 0 Å². The third kappa shape index (κ3) is 4.47. The zero-order valence-electron chi connectivity index (χ0n) is 31.2. The summed E-state index contributed by atoms with van der Waals surface area (Å²) in [6.07, 6.45) is 0. The summed E-state index contributed by atoms with van der Waals surface area (Å²) in [5, 5.41) is 2.51. The van der Waals surface area contributed by atoms with Crippen LogP contribution in [0.1, 0.15) is 22.3 Å². The Bertz CT molecular complexity index is 3110. The quantitative estimate of drug-likeness (QED) is 0.172. The molecule has 2 aliphatic carbocycles. The van der Waals surface area contributed by atoms with Crippen LogP contribution in [-0.2, 0) is 5.41 Å². The SMILES string of the molecule is c1ccc(N(c2ccc(-c3cccc4c5ccccc5n(-c5ccccc5)c34)cc2)c2ccc3c(c2)C2(c4ccccc4-c4ccccc42)c2ccccc2-3)cc1. The van der Waals surface area contributed by atoms with Crippen LogP contribution in [-0.4, -0.2) is 4.57 Å². The van der Waals surface area contributed by atoms with Crippen molar-refractivity contribution in [3.8, 4) is 39.1 Å². The second-order valence-corrected chi connectivity index (χ2v) is 15.2. The lowest BCUT2D eigenvalue weighted by atomic mass is 9.70. The van der Waals surface area contributed by atoms with Gasteiger partial charge in [-0.2, -0.15) is 0 Å². The topological polar surface area (TPSA) is 8.17 Å². The van der Waals surface area contributed by atoms with Gasteiger partial charge in [-0.25, -0.2) is 0 Å². The first kappa shape index (κ1) is 31.9. The third-order valence-electron chi connectivity index (χ3n) is 12.4. The van der Waals surface area contributed by atoms with Crippen LogP contribution in [0.4, 0.5) is 17.1 Å². The van der Waals surface area contributed by atoms with Gasteiger partial charge in [0.05, 0.1) is 16.4 Å². The highest BCUT2D eigenvalue weighted by molar-refractivity contribution is 6.13. The molecule has 2 aliphatic rings. The molecule has 57 heavy (non-hydrogen) atoms. The number of fused-ring (bicyclic) bond motifs is 13. The number of hydrogen-bond acceptors (Lipinski definition) is 1. The first-order chi connectivity index (χ1) is 28.3. The predicted molar refractivity (Wildman–Crippen MR) is 237 cm³/mol. The monoisotopic (exact) mass is 724 g/mol. The minimum atomic E-state index is -0.406. The van der Waals surface area contributed by atoms with Gasteiger partial charge in [0.25, 0.3) is 0 Å². The Labute approximate surface area is 332 Å². The molecular weight excluding hydrogens is 689 g/mol. The summed E-state index contributed by atoms with van der Waals surface area (Å²) in [7, 11) is 0. The molecule has 266 valence electrons. The maximum Gasteiger partial charge on any atom is 0.0726 e. The van der Waals surface area contributed by atoms with Crippen molar-refractivity contribution in [2.75, 3.05) is 4.90 Å². The van der Waals surface area contributed by atoms with E-state index in [1.54, 1.807) is 0 Å². The van der Waals surface area contributed by atoms with Crippen molar-refractivity contribution in [1.82, 2.24) is 4.57 Å². The molecule has 10 aromatic rings. The fraction of sp³-hybridized carbons (Fsp3) is 0.0182. The van der Waals surface area contributed by atoms with Crippen molar-refractivity contribution < 1.29 is 0 Å². The second kappa shape index (κ2) is 12.3. The minimum Gasteiger partial charge on any atom is -0.310 e. The summed E-state index contributed by atoms with van der Waals surface area (Å²) < 4.78 is 2.42. The van der Waals surface area contributed by atoms with E-state index in [9.17, 15) is 0 Å².